The molecule has 6 nitrogen and oxygen atoms in total. The molecule has 1 aliphatic heterocycles. The zero-order valence-corrected chi connectivity index (χ0v) is 8.85. The second-order valence-corrected chi connectivity index (χ2v) is 3.66. The van der Waals surface area contributed by atoms with E-state index in [2.05, 4.69) is 5.32 Å². The van der Waals surface area contributed by atoms with E-state index in [-0.39, 0.29) is 23.8 Å². The largest absolute Gasteiger partial charge is 0.355 e. The number of nitro benzene ring substituents is 1. The minimum Gasteiger partial charge on any atom is -0.355 e. The highest BCUT2D eigenvalue weighted by atomic mass is 19.1. The van der Waals surface area contributed by atoms with E-state index >= 15 is 0 Å². The third-order valence-electron chi connectivity index (χ3n) is 2.51. The summed E-state index contributed by atoms with van der Waals surface area (Å²) in [6.07, 6.45) is 0. The fourth-order valence-corrected chi connectivity index (χ4v) is 1.75. The van der Waals surface area contributed by atoms with Crippen LogP contribution < -0.4 is 10.2 Å². The number of carbonyl (C=O) groups excluding carboxylic acids is 1. The Hall–Kier alpha value is -2.18. The van der Waals surface area contributed by atoms with E-state index in [4.69, 9.17) is 0 Å². The summed E-state index contributed by atoms with van der Waals surface area (Å²) in [5, 5.41) is 13.4. The van der Waals surface area contributed by atoms with Crippen LogP contribution in [0.2, 0.25) is 0 Å². The molecule has 1 amide bonds. The highest BCUT2D eigenvalue weighted by molar-refractivity contribution is 5.83. The number of carbonyl (C=O) groups is 1. The second-order valence-electron chi connectivity index (χ2n) is 3.66. The molecular weight excluding hydrogens is 229 g/mol. The summed E-state index contributed by atoms with van der Waals surface area (Å²) in [5.74, 6) is -0.864. The van der Waals surface area contributed by atoms with Crippen LogP contribution in [0.4, 0.5) is 15.8 Å². The van der Waals surface area contributed by atoms with Crippen molar-refractivity contribution < 1.29 is 14.1 Å². The van der Waals surface area contributed by atoms with Crippen LogP contribution in [0.3, 0.4) is 0 Å². The van der Waals surface area contributed by atoms with Gasteiger partial charge in [0, 0.05) is 13.1 Å². The molecule has 90 valence electrons. The first-order valence-corrected chi connectivity index (χ1v) is 5.03. The van der Waals surface area contributed by atoms with Gasteiger partial charge < -0.3 is 10.2 Å². The summed E-state index contributed by atoms with van der Waals surface area (Å²) in [5.41, 5.74) is -0.0500. The van der Waals surface area contributed by atoms with Gasteiger partial charge in [0.05, 0.1) is 17.5 Å². The predicted octanol–water partition coefficient (Wildman–Crippen LogP) is 0.670. The first-order chi connectivity index (χ1) is 8.08. The summed E-state index contributed by atoms with van der Waals surface area (Å²) in [6, 6.07) is 3.34. The van der Waals surface area contributed by atoms with Crippen LogP contribution in [-0.4, -0.2) is 30.5 Å². The molecule has 1 aromatic carbocycles. The summed E-state index contributed by atoms with van der Waals surface area (Å²) >= 11 is 0. The number of nitrogens with zero attached hydrogens (tertiary/aromatic N) is 2. The molecule has 0 radical (unpaired) electrons. The number of halogens is 1. The van der Waals surface area contributed by atoms with Crippen molar-refractivity contribution in [3.05, 3.63) is 34.1 Å². The van der Waals surface area contributed by atoms with Gasteiger partial charge in [-0.15, -0.1) is 0 Å². The maximum absolute atomic E-state index is 12.9. The van der Waals surface area contributed by atoms with E-state index in [9.17, 15) is 19.3 Å². The van der Waals surface area contributed by atoms with E-state index < -0.39 is 10.7 Å². The van der Waals surface area contributed by atoms with Gasteiger partial charge in [0.25, 0.3) is 5.69 Å². The van der Waals surface area contributed by atoms with Crippen molar-refractivity contribution in [2.24, 2.45) is 0 Å². The predicted molar refractivity (Wildman–Crippen MR) is 58.3 cm³/mol. The maximum Gasteiger partial charge on any atom is 0.295 e. The number of piperazine rings is 1. The molecule has 1 aliphatic rings. The van der Waals surface area contributed by atoms with Crippen molar-refractivity contribution in [2.75, 3.05) is 24.5 Å². The minimum absolute atomic E-state index is 0.0481. The lowest BCUT2D eigenvalue weighted by Gasteiger charge is -2.28. The molecule has 0 aliphatic carbocycles. The van der Waals surface area contributed by atoms with Crippen molar-refractivity contribution >= 4 is 17.3 Å². The van der Waals surface area contributed by atoms with Crippen LogP contribution in [0.15, 0.2) is 18.2 Å². The average Bonchev–Trinajstić information content (AvgIpc) is 2.28. The fourth-order valence-electron chi connectivity index (χ4n) is 1.75. The normalized spacial score (nSPS) is 15.6. The molecule has 0 bridgehead atoms. The molecule has 2 rings (SSSR count). The Morgan fingerprint density at radius 1 is 1.47 bits per heavy atom. The van der Waals surface area contributed by atoms with E-state index in [0.29, 0.717) is 13.1 Å². The topological polar surface area (TPSA) is 75.5 Å². The van der Waals surface area contributed by atoms with Gasteiger partial charge in [-0.1, -0.05) is 0 Å². The number of anilines is 1. The number of rotatable bonds is 2. The molecular formula is C10H10FN3O3. The van der Waals surface area contributed by atoms with Crippen molar-refractivity contribution in [3.8, 4) is 0 Å². The Morgan fingerprint density at radius 3 is 2.88 bits per heavy atom. The first kappa shape index (κ1) is 11.3. The SMILES string of the molecule is O=C1CN(c2ccc(F)cc2[N+](=O)[O-])CCN1. The summed E-state index contributed by atoms with van der Waals surface area (Å²) in [7, 11) is 0. The Kier molecular flexibility index (Phi) is 2.90. The zero-order chi connectivity index (χ0) is 12.4. The van der Waals surface area contributed by atoms with Gasteiger partial charge in [0.15, 0.2) is 0 Å². The van der Waals surface area contributed by atoms with Crippen LogP contribution in [-0.2, 0) is 4.79 Å². The Bertz CT molecular complexity index is 478. The summed E-state index contributed by atoms with van der Waals surface area (Å²) < 4.78 is 12.9. The Morgan fingerprint density at radius 2 is 2.24 bits per heavy atom. The van der Waals surface area contributed by atoms with Crippen molar-refractivity contribution in [2.45, 2.75) is 0 Å². The van der Waals surface area contributed by atoms with Crippen molar-refractivity contribution in [3.63, 3.8) is 0 Å². The summed E-state index contributed by atoms with van der Waals surface area (Å²) in [6.45, 7) is 0.943. The quantitative estimate of drug-likeness (QED) is 0.608. The van der Waals surface area contributed by atoms with Crippen LogP contribution in [0.5, 0.6) is 0 Å². The van der Waals surface area contributed by atoms with Gasteiger partial charge >= 0.3 is 0 Å². The van der Waals surface area contributed by atoms with Crippen LogP contribution >= 0.6 is 0 Å². The molecule has 0 spiro atoms. The molecule has 7 heteroatoms. The average molecular weight is 239 g/mol. The third-order valence-corrected chi connectivity index (χ3v) is 2.51. The molecule has 0 atom stereocenters. The number of hydrogen-bond acceptors (Lipinski definition) is 4. The van der Waals surface area contributed by atoms with Crippen LogP contribution in [0, 0.1) is 15.9 Å². The molecule has 17 heavy (non-hydrogen) atoms. The van der Waals surface area contributed by atoms with Gasteiger partial charge in [-0.3, -0.25) is 14.9 Å². The standard InChI is InChI=1S/C10H10FN3O3/c11-7-1-2-8(9(5-7)14(16)17)13-4-3-12-10(15)6-13/h1-2,5H,3-4,6H2,(H,12,15). The first-order valence-electron chi connectivity index (χ1n) is 5.03. The van der Waals surface area contributed by atoms with Crippen LogP contribution in [0.1, 0.15) is 0 Å². The van der Waals surface area contributed by atoms with Gasteiger partial charge in [0.1, 0.15) is 11.5 Å². The summed E-state index contributed by atoms with van der Waals surface area (Å²) in [4.78, 5) is 22.9. The number of nitrogens with one attached hydrogen (secondary N) is 1. The van der Waals surface area contributed by atoms with Gasteiger partial charge in [0.2, 0.25) is 5.91 Å². The van der Waals surface area contributed by atoms with Crippen LogP contribution in [0.25, 0.3) is 0 Å². The second kappa shape index (κ2) is 4.36. The van der Waals surface area contributed by atoms with Gasteiger partial charge in [-0.25, -0.2) is 4.39 Å². The monoisotopic (exact) mass is 239 g/mol. The Balaban J connectivity index is 2.37. The van der Waals surface area contributed by atoms with E-state index in [1.807, 2.05) is 0 Å². The lowest BCUT2D eigenvalue weighted by molar-refractivity contribution is -0.384. The molecule has 0 aromatic heterocycles. The highest BCUT2D eigenvalue weighted by Crippen LogP contribution is 2.28. The molecule has 1 N–H and O–H groups in total. The van der Waals surface area contributed by atoms with E-state index in [1.165, 1.54) is 6.07 Å². The smallest absolute Gasteiger partial charge is 0.295 e. The van der Waals surface area contributed by atoms with Crippen molar-refractivity contribution in [1.82, 2.24) is 5.32 Å². The number of hydrogen-bond donors (Lipinski definition) is 1. The molecule has 1 fully saturated rings. The van der Waals surface area contributed by atoms with Gasteiger partial charge in [-0.05, 0) is 12.1 Å². The number of amides is 1. The third kappa shape index (κ3) is 2.32. The minimum atomic E-state index is -0.665. The van der Waals surface area contributed by atoms with Crippen molar-refractivity contribution in [1.29, 1.82) is 0 Å². The Labute approximate surface area is 96.2 Å². The lowest BCUT2D eigenvalue weighted by atomic mass is 10.2. The molecule has 0 unspecified atom stereocenters. The number of benzene rings is 1. The maximum atomic E-state index is 12.9. The zero-order valence-electron chi connectivity index (χ0n) is 8.85. The molecule has 1 heterocycles. The highest BCUT2D eigenvalue weighted by Gasteiger charge is 2.24. The van der Waals surface area contributed by atoms with E-state index in [1.54, 1.807) is 4.90 Å². The lowest BCUT2D eigenvalue weighted by Crippen LogP contribution is -2.47. The number of nitro groups is 1. The fraction of sp³-hybridized carbons (Fsp3) is 0.300. The molecule has 1 saturated heterocycles. The molecule has 1 aromatic rings. The van der Waals surface area contributed by atoms with E-state index in [0.717, 1.165) is 12.1 Å². The van der Waals surface area contributed by atoms with Gasteiger partial charge in [-0.2, -0.15) is 0 Å². The molecule has 0 saturated carbocycles.